The van der Waals surface area contributed by atoms with Crippen LogP contribution in [0.5, 0.6) is 5.75 Å². The second-order valence-corrected chi connectivity index (χ2v) is 13.8. The van der Waals surface area contributed by atoms with Gasteiger partial charge in [0.25, 0.3) is 0 Å². The minimum atomic E-state index is -1.03. The van der Waals surface area contributed by atoms with Crippen LogP contribution in [0.1, 0.15) is 66.1 Å². The lowest BCUT2D eigenvalue weighted by Gasteiger charge is -2.47. The lowest BCUT2D eigenvalue weighted by molar-refractivity contribution is -0.131. The van der Waals surface area contributed by atoms with Crippen LogP contribution in [0.25, 0.3) is 0 Å². The number of benzene rings is 1. The Morgan fingerprint density at radius 1 is 1.07 bits per heavy atom. The van der Waals surface area contributed by atoms with Crippen LogP contribution < -0.4 is 0 Å². The molecule has 1 fully saturated rings. The second-order valence-electron chi connectivity index (χ2n) is 13.8. The number of carbonyl (C=O) groups is 1. The van der Waals surface area contributed by atoms with E-state index in [0.717, 1.165) is 17.2 Å². The molecule has 1 aromatic rings. The summed E-state index contributed by atoms with van der Waals surface area (Å²) in [6.45, 7) is 12.1. The third-order valence-electron chi connectivity index (χ3n) is 9.72. The van der Waals surface area contributed by atoms with Crippen LogP contribution in [0.4, 0.5) is 0 Å². The summed E-state index contributed by atoms with van der Waals surface area (Å²) >= 11 is 0. The first-order chi connectivity index (χ1) is 21.1. The highest BCUT2D eigenvalue weighted by Crippen LogP contribution is 2.62. The van der Waals surface area contributed by atoms with E-state index in [1.54, 1.807) is 51.3 Å². The molecule has 45 heavy (non-hydrogen) atoms. The van der Waals surface area contributed by atoms with Gasteiger partial charge in [-0.3, -0.25) is 0 Å². The molecule has 0 spiro atoms. The molecule has 0 amide bonds. The van der Waals surface area contributed by atoms with E-state index < -0.39 is 29.7 Å². The number of methoxy groups -OCH3 is 1. The van der Waals surface area contributed by atoms with E-state index >= 15 is 0 Å². The third kappa shape index (κ3) is 9.17. The fourth-order valence-electron chi connectivity index (χ4n) is 7.52. The fraction of sp³-hybridized carbons (Fsp3) is 0.500. The van der Waals surface area contributed by atoms with E-state index in [-0.39, 0.29) is 40.9 Å². The number of hydrogen-bond donors (Lipinski definition) is 5. The number of carboxylic acid groups (broad SMARTS) is 1. The Morgan fingerprint density at radius 3 is 2.33 bits per heavy atom. The van der Waals surface area contributed by atoms with E-state index in [1.807, 2.05) is 37.3 Å². The van der Waals surface area contributed by atoms with Gasteiger partial charge in [0.2, 0.25) is 0 Å². The summed E-state index contributed by atoms with van der Waals surface area (Å²) in [5, 5.41) is 51.2. The van der Waals surface area contributed by atoms with Gasteiger partial charge >= 0.3 is 5.97 Å². The van der Waals surface area contributed by atoms with Crippen molar-refractivity contribution in [2.45, 2.75) is 78.3 Å². The van der Waals surface area contributed by atoms with Crippen LogP contribution in [0.2, 0.25) is 0 Å². The van der Waals surface area contributed by atoms with Gasteiger partial charge in [-0.05, 0) is 62.6 Å². The van der Waals surface area contributed by atoms with Gasteiger partial charge in [-0.2, -0.15) is 0 Å². The summed E-state index contributed by atoms with van der Waals surface area (Å²) in [6.07, 6.45) is 17.0. The van der Waals surface area contributed by atoms with E-state index in [0.29, 0.717) is 12.8 Å². The molecule has 1 saturated carbocycles. The molecular formula is C38H52O7. The Hall–Kier alpha value is -3.23. The summed E-state index contributed by atoms with van der Waals surface area (Å²) in [4.78, 5) is 10.7. The van der Waals surface area contributed by atoms with Crippen molar-refractivity contribution in [1.82, 2.24) is 0 Å². The zero-order chi connectivity index (χ0) is 33.5. The zero-order valence-corrected chi connectivity index (χ0v) is 27.7. The molecule has 3 rings (SSSR count). The molecule has 1 aromatic carbocycles. The molecule has 0 aliphatic heterocycles. The quantitative estimate of drug-likeness (QED) is 0.0945. The van der Waals surface area contributed by atoms with E-state index in [9.17, 15) is 25.2 Å². The first kappa shape index (κ1) is 36.2. The van der Waals surface area contributed by atoms with Gasteiger partial charge in [0, 0.05) is 36.9 Å². The molecule has 0 unspecified atom stereocenters. The number of aliphatic carboxylic acids is 1. The van der Waals surface area contributed by atoms with Gasteiger partial charge < -0.3 is 30.3 Å². The van der Waals surface area contributed by atoms with Crippen molar-refractivity contribution in [3.05, 3.63) is 102 Å². The number of phenolic OH excluding ortho intramolecular Hbond substituents is 1. The highest BCUT2D eigenvalue weighted by atomic mass is 16.5. The van der Waals surface area contributed by atoms with Crippen LogP contribution in [0, 0.1) is 35.0 Å². The summed E-state index contributed by atoms with van der Waals surface area (Å²) in [7, 11) is 1.73. The van der Waals surface area contributed by atoms with Crippen molar-refractivity contribution in [2.75, 3.05) is 7.11 Å². The number of phenols is 1. The Labute approximate surface area is 268 Å². The standard InChI is InChI=1S/C38H52O7/c1-24(15-21-33(42)43)14-20-32(41)26(3)31(40)13-11-9-8-10-12-29-25(2)22-30-35(37(4,5)23-38(30,6)44)34(29)36(45-7)27-16-18-28(39)19-17-27/h8-19,21-22,26,29-32,34-36,39-41,44H,20,23H2,1-7H3,(H,42,43)/t26-,29-,30+,31-,32-,34-,35-,36+,38+/m0/s1. The summed E-state index contributed by atoms with van der Waals surface area (Å²) < 4.78 is 6.20. The predicted octanol–water partition coefficient (Wildman–Crippen LogP) is 6.69. The van der Waals surface area contributed by atoms with Gasteiger partial charge in [0.15, 0.2) is 0 Å². The normalized spacial score (nSPS) is 29.7. The summed E-state index contributed by atoms with van der Waals surface area (Å²) in [5.74, 6) is -0.998. The van der Waals surface area contributed by atoms with Crippen molar-refractivity contribution in [1.29, 1.82) is 0 Å². The SMILES string of the molecule is CO[C@H](c1ccc(O)cc1)[C@@H]1[C@@H]2[C@@H](C=C(C)[C@@H]1C=CC=CC=C[C@H](O)[C@H](C)[C@@H](O)CC=C(C)C=CC(=O)O)[C@](C)(O)CC2(C)C. The number of rotatable bonds is 13. The van der Waals surface area contributed by atoms with Crippen LogP contribution in [0.3, 0.4) is 0 Å². The largest absolute Gasteiger partial charge is 0.508 e. The van der Waals surface area contributed by atoms with Gasteiger partial charge in [0.05, 0.1) is 23.9 Å². The number of hydrogen-bond acceptors (Lipinski definition) is 6. The highest BCUT2D eigenvalue weighted by Gasteiger charge is 2.59. The molecule has 5 N–H and O–H groups in total. The zero-order valence-electron chi connectivity index (χ0n) is 27.7. The molecule has 0 radical (unpaired) electrons. The second kappa shape index (κ2) is 15.4. The van der Waals surface area contributed by atoms with E-state index in [2.05, 4.69) is 32.9 Å². The number of aliphatic hydroxyl groups is 3. The molecule has 0 aromatic heterocycles. The third-order valence-corrected chi connectivity index (χ3v) is 9.72. The number of ether oxygens (including phenoxy) is 1. The van der Waals surface area contributed by atoms with Gasteiger partial charge in [-0.15, -0.1) is 0 Å². The Bertz CT molecular complexity index is 1330. The van der Waals surface area contributed by atoms with E-state index in [4.69, 9.17) is 9.84 Å². The molecular weight excluding hydrogens is 568 g/mol. The van der Waals surface area contributed by atoms with Crippen molar-refractivity contribution in [3.63, 3.8) is 0 Å². The first-order valence-corrected chi connectivity index (χ1v) is 15.8. The number of aromatic hydroxyl groups is 1. The topological polar surface area (TPSA) is 127 Å². The predicted molar refractivity (Wildman–Crippen MR) is 178 cm³/mol. The molecule has 7 nitrogen and oxygen atoms in total. The Morgan fingerprint density at radius 2 is 1.71 bits per heavy atom. The number of carboxylic acids is 1. The molecule has 2 aliphatic carbocycles. The highest BCUT2D eigenvalue weighted by molar-refractivity contribution is 5.80. The number of aliphatic hydroxyl groups excluding tert-OH is 2. The minimum Gasteiger partial charge on any atom is -0.508 e. The van der Waals surface area contributed by atoms with E-state index in [1.165, 1.54) is 11.6 Å². The molecule has 0 heterocycles. The average Bonchev–Trinajstić information content (AvgIpc) is 3.16. The molecule has 246 valence electrons. The summed E-state index contributed by atoms with van der Waals surface area (Å²) in [5.41, 5.74) is 1.95. The van der Waals surface area contributed by atoms with Crippen LogP contribution >= 0.6 is 0 Å². The lowest BCUT2D eigenvalue weighted by atomic mass is 9.59. The number of fused-ring (bicyclic) bond motifs is 1. The summed E-state index contributed by atoms with van der Waals surface area (Å²) in [6, 6.07) is 7.20. The van der Waals surface area contributed by atoms with Gasteiger partial charge in [-0.1, -0.05) is 98.7 Å². The van der Waals surface area contributed by atoms with Crippen LogP contribution in [-0.2, 0) is 9.53 Å². The minimum absolute atomic E-state index is 0.00479. The maximum Gasteiger partial charge on any atom is 0.328 e. The molecule has 0 bridgehead atoms. The smallest absolute Gasteiger partial charge is 0.328 e. The molecule has 7 heteroatoms. The fourth-order valence-corrected chi connectivity index (χ4v) is 7.52. The average molecular weight is 621 g/mol. The maximum absolute atomic E-state index is 11.5. The van der Waals surface area contributed by atoms with Gasteiger partial charge in [0.1, 0.15) is 5.75 Å². The maximum atomic E-state index is 11.5. The van der Waals surface area contributed by atoms with Crippen molar-refractivity contribution >= 4 is 5.97 Å². The first-order valence-electron chi connectivity index (χ1n) is 15.8. The van der Waals surface area contributed by atoms with Crippen molar-refractivity contribution in [2.24, 2.45) is 35.0 Å². The van der Waals surface area contributed by atoms with Crippen molar-refractivity contribution < 1.29 is 35.1 Å². The van der Waals surface area contributed by atoms with Crippen molar-refractivity contribution in [3.8, 4) is 5.75 Å². The number of allylic oxidation sites excluding steroid dienone is 8. The molecule has 9 atom stereocenters. The Kier molecular flexibility index (Phi) is 12.4. The molecule has 2 aliphatic rings. The lowest BCUT2D eigenvalue weighted by Crippen LogP contribution is -2.43. The van der Waals surface area contributed by atoms with Crippen LogP contribution in [0.15, 0.2) is 96.2 Å². The van der Waals surface area contributed by atoms with Crippen LogP contribution in [-0.4, -0.2) is 56.4 Å². The monoisotopic (exact) mass is 620 g/mol. The molecule has 0 saturated heterocycles. The van der Waals surface area contributed by atoms with Gasteiger partial charge in [-0.25, -0.2) is 4.79 Å². The Balaban J connectivity index is 1.77.